The summed E-state index contributed by atoms with van der Waals surface area (Å²) in [6.07, 6.45) is 14.4. The van der Waals surface area contributed by atoms with Crippen LogP contribution in [0.15, 0.2) is 24.3 Å². The standard InChI is InChI=1S/C10H16/c1-2-10-8-6-4-3-5-7-9-10/h6-10H,2-5H2,1H3/b8-6-,9-7?. The van der Waals surface area contributed by atoms with E-state index in [9.17, 15) is 0 Å². The number of allylic oxidation sites excluding steroid dienone is 4. The molecule has 1 aliphatic rings. The van der Waals surface area contributed by atoms with Gasteiger partial charge >= 0.3 is 0 Å². The van der Waals surface area contributed by atoms with Crippen molar-refractivity contribution in [3.05, 3.63) is 24.3 Å². The molecule has 0 N–H and O–H groups in total. The highest BCUT2D eigenvalue weighted by Crippen LogP contribution is 2.12. The molecule has 0 saturated heterocycles. The van der Waals surface area contributed by atoms with Crippen LogP contribution >= 0.6 is 0 Å². The van der Waals surface area contributed by atoms with Crippen molar-refractivity contribution in [3.8, 4) is 0 Å². The van der Waals surface area contributed by atoms with E-state index >= 15 is 0 Å². The van der Waals surface area contributed by atoms with Crippen molar-refractivity contribution < 1.29 is 0 Å². The van der Waals surface area contributed by atoms with Crippen LogP contribution in [-0.2, 0) is 0 Å². The number of rotatable bonds is 1. The van der Waals surface area contributed by atoms with E-state index in [1.807, 2.05) is 0 Å². The first-order valence-corrected chi connectivity index (χ1v) is 4.27. The molecule has 1 aliphatic carbocycles. The Morgan fingerprint density at radius 3 is 2.30 bits per heavy atom. The van der Waals surface area contributed by atoms with Gasteiger partial charge in [0, 0.05) is 0 Å². The summed E-state index contributed by atoms with van der Waals surface area (Å²) < 4.78 is 0. The predicted molar refractivity (Wildman–Crippen MR) is 45.9 cm³/mol. The lowest BCUT2D eigenvalue weighted by atomic mass is 10.0. The zero-order chi connectivity index (χ0) is 7.23. The Morgan fingerprint density at radius 2 is 1.80 bits per heavy atom. The van der Waals surface area contributed by atoms with Gasteiger partial charge in [0.05, 0.1) is 0 Å². The van der Waals surface area contributed by atoms with Crippen LogP contribution in [0.25, 0.3) is 0 Å². The third kappa shape index (κ3) is 2.38. The molecule has 0 fully saturated rings. The molecule has 0 nitrogen and oxygen atoms in total. The predicted octanol–water partition coefficient (Wildman–Crippen LogP) is 3.31. The second kappa shape index (κ2) is 4.32. The van der Waals surface area contributed by atoms with Crippen LogP contribution in [-0.4, -0.2) is 0 Å². The Labute approximate surface area is 63.6 Å². The molecule has 0 aromatic rings. The minimum absolute atomic E-state index is 0.709. The van der Waals surface area contributed by atoms with E-state index < -0.39 is 0 Å². The lowest BCUT2D eigenvalue weighted by Crippen LogP contribution is -1.89. The molecule has 0 aromatic heterocycles. The summed E-state index contributed by atoms with van der Waals surface area (Å²) >= 11 is 0. The molecule has 1 unspecified atom stereocenters. The van der Waals surface area contributed by atoms with Gasteiger partial charge in [-0.2, -0.15) is 0 Å². The minimum Gasteiger partial charge on any atom is -0.0879 e. The number of hydrogen-bond acceptors (Lipinski definition) is 0. The summed E-state index contributed by atoms with van der Waals surface area (Å²) in [5.74, 6) is 0.709. The molecule has 0 radical (unpaired) electrons. The van der Waals surface area contributed by atoms with Crippen LogP contribution in [0.1, 0.15) is 32.6 Å². The van der Waals surface area contributed by atoms with E-state index in [0.717, 1.165) is 0 Å². The Kier molecular flexibility index (Phi) is 3.28. The van der Waals surface area contributed by atoms with Crippen LogP contribution < -0.4 is 0 Å². The van der Waals surface area contributed by atoms with Gasteiger partial charge in [0.25, 0.3) is 0 Å². The molecule has 0 bridgehead atoms. The Bertz CT molecular complexity index is 117. The Balaban J connectivity index is 2.45. The van der Waals surface area contributed by atoms with Crippen molar-refractivity contribution in [1.82, 2.24) is 0 Å². The van der Waals surface area contributed by atoms with Gasteiger partial charge in [0.1, 0.15) is 0 Å². The van der Waals surface area contributed by atoms with Crippen molar-refractivity contribution in [2.24, 2.45) is 5.92 Å². The molecule has 56 valence electrons. The van der Waals surface area contributed by atoms with Crippen LogP contribution in [0, 0.1) is 5.92 Å². The van der Waals surface area contributed by atoms with Crippen molar-refractivity contribution >= 4 is 0 Å². The van der Waals surface area contributed by atoms with E-state index in [2.05, 4.69) is 31.2 Å². The second-order valence-corrected chi connectivity index (χ2v) is 2.86. The third-order valence-electron chi connectivity index (χ3n) is 1.98. The highest BCUT2D eigenvalue weighted by molar-refractivity contribution is 5.02. The first-order valence-electron chi connectivity index (χ1n) is 4.27. The van der Waals surface area contributed by atoms with E-state index in [0.29, 0.717) is 5.92 Å². The molecule has 0 aliphatic heterocycles. The van der Waals surface area contributed by atoms with Gasteiger partial charge in [0.2, 0.25) is 0 Å². The normalized spacial score (nSPS) is 29.1. The van der Waals surface area contributed by atoms with E-state index in [-0.39, 0.29) is 0 Å². The molecule has 0 amide bonds. The summed E-state index contributed by atoms with van der Waals surface area (Å²) in [6.45, 7) is 2.24. The Hall–Kier alpha value is -0.520. The average molecular weight is 136 g/mol. The molecule has 0 saturated carbocycles. The smallest absolute Gasteiger partial charge is 0.00561 e. The number of hydrogen-bond donors (Lipinski definition) is 0. The van der Waals surface area contributed by atoms with Crippen LogP contribution in [0.2, 0.25) is 0 Å². The van der Waals surface area contributed by atoms with Crippen LogP contribution in [0.3, 0.4) is 0 Å². The molecule has 0 spiro atoms. The lowest BCUT2D eigenvalue weighted by molar-refractivity contribution is 0.743. The Morgan fingerprint density at radius 1 is 1.20 bits per heavy atom. The first kappa shape index (κ1) is 7.59. The molecule has 0 heteroatoms. The summed E-state index contributed by atoms with van der Waals surface area (Å²) in [6, 6.07) is 0. The quantitative estimate of drug-likeness (QED) is 0.485. The second-order valence-electron chi connectivity index (χ2n) is 2.86. The van der Waals surface area contributed by atoms with Crippen molar-refractivity contribution in [3.63, 3.8) is 0 Å². The van der Waals surface area contributed by atoms with E-state index in [1.54, 1.807) is 0 Å². The largest absolute Gasteiger partial charge is 0.0879 e. The molecule has 0 heterocycles. The van der Waals surface area contributed by atoms with E-state index in [1.165, 1.54) is 25.7 Å². The zero-order valence-corrected chi connectivity index (χ0v) is 6.72. The summed E-state index contributed by atoms with van der Waals surface area (Å²) in [4.78, 5) is 0. The highest BCUT2D eigenvalue weighted by Gasteiger charge is 1.96. The SMILES string of the molecule is CCC1C=CCCC/C=C\1. The van der Waals surface area contributed by atoms with Gasteiger partial charge in [-0.3, -0.25) is 0 Å². The average Bonchev–Trinajstić information content (AvgIpc) is 1.87. The van der Waals surface area contributed by atoms with Crippen molar-refractivity contribution in [2.45, 2.75) is 32.6 Å². The summed E-state index contributed by atoms with van der Waals surface area (Å²) in [5.41, 5.74) is 0. The minimum atomic E-state index is 0.709. The maximum atomic E-state index is 2.33. The molecule has 1 atom stereocenters. The van der Waals surface area contributed by atoms with E-state index in [4.69, 9.17) is 0 Å². The maximum Gasteiger partial charge on any atom is -0.00561 e. The lowest BCUT2D eigenvalue weighted by Gasteiger charge is -2.05. The fraction of sp³-hybridized carbons (Fsp3) is 0.600. The first-order chi connectivity index (χ1) is 4.93. The summed E-state index contributed by atoms with van der Waals surface area (Å²) in [7, 11) is 0. The maximum absolute atomic E-state index is 2.33. The fourth-order valence-electron chi connectivity index (χ4n) is 1.23. The van der Waals surface area contributed by atoms with Crippen molar-refractivity contribution in [2.75, 3.05) is 0 Å². The topological polar surface area (TPSA) is 0 Å². The highest BCUT2D eigenvalue weighted by atomic mass is 14.0. The third-order valence-corrected chi connectivity index (χ3v) is 1.98. The van der Waals surface area contributed by atoms with Crippen molar-refractivity contribution in [1.29, 1.82) is 0 Å². The van der Waals surface area contributed by atoms with Gasteiger partial charge in [-0.1, -0.05) is 31.2 Å². The zero-order valence-electron chi connectivity index (χ0n) is 6.72. The molecular weight excluding hydrogens is 120 g/mol. The fourth-order valence-corrected chi connectivity index (χ4v) is 1.23. The van der Waals surface area contributed by atoms with Crippen LogP contribution in [0.4, 0.5) is 0 Å². The van der Waals surface area contributed by atoms with Crippen LogP contribution in [0.5, 0.6) is 0 Å². The van der Waals surface area contributed by atoms with Gasteiger partial charge in [-0.05, 0) is 31.6 Å². The van der Waals surface area contributed by atoms with Gasteiger partial charge < -0.3 is 0 Å². The monoisotopic (exact) mass is 136 g/mol. The van der Waals surface area contributed by atoms with Gasteiger partial charge in [-0.25, -0.2) is 0 Å². The molecule has 0 aromatic carbocycles. The van der Waals surface area contributed by atoms with Gasteiger partial charge in [0.15, 0.2) is 0 Å². The van der Waals surface area contributed by atoms with Gasteiger partial charge in [-0.15, -0.1) is 0 Å². The molecular formula is C10H16. The summed E-state index contributed by atoms with van der Waals surface area (Å²) in [5, 5.41) is 0. The molecule has 1 rings (SSSR count). The molecule has 10 heavy (non-hydrogen) atoms.